The summed E-state index contributed by atoms with van der Waals surface area (Å²) < 4.78 is 30.7. The van der Waals surface area contributed by atoms with Crippen molar-refractivity contribution in [3.63, 3.8) is 0 Å². The first-order valence-electron chi connectivity index (χ1n) is 16.7. The Balaban J connectivity index is 1.64. The van der Waals surface area contributed by atoms with Crippen molar-refractivity contribution in [1.29, 1.82) is 0 Å². The molecular weight excluding hydrogens is 609 g/mol. The maximum Gasteiger partial charge on any atom is 0.192 e. The second kappa shape index (κ2) is 17.9. The minimum Gasteiger partial charge on any atom is -0.497 e. The molecule has 2 heterocycles. The Labute approximate surface area is 277 Å². The van der Waals surface area contributed by atoms with Crippen LogP contribution in [0, 0.1) is 0 Å². The fourth-order valence-electron chi connectivity index (χ4n) is 6.33. The van der Waals surface area contributed by atoms with Crippen molar-refractivity contribution in [3.05, 3.63) is 42.0 Å². The standard InChI is InChI=1S/C35H58O6S2Si/c1-9-27(5)20-32(41-44(10-2,11-3)12-4)24-35(42-18-13-19-43-35)23-29(36)21-31-22-33(40-34(6,7)39-31)26-38-25-28-14-16-30(37-8)17-15-28/h14-17,31-33H,5,9-13,18-26H2,1-4,6-8H3/t31-,32-,33-/m1/s1. The van der Waals surface area contributed by atoms with Crippen molar-refractivity contribution >= 4 is 37.6 Å². The van der Waals surface area contributed by atoms with E-state index in [1.807, 2.05) is 61.6 Å². The number of Topliss-reactive ketones (excluding diaryl/α,β-unsaturated/α-hetero) is 1. The van der Waals surface area contributed by atoms with Gasteiger partial charge in [0.1, 0.15) is 11.5 Å². The summed E-state index contributed by atoms with van der Waals surface area (Å²) >= 11 is 3.96. The number of thioether (sulfide) groups is 2. The van der Waals surface area contributed by atoms with Gasteiger partial charge in [0.25, 0.3) is 0 Å². The summed E-state index contributed by atoms with van der Waals surface area (Å²) in [5.74, 6) is 2.51. The fourth-order valence-corrected chi connectivity index (χ4v) is 12.7. The lowest BCUT2D eigenvalue weighted by atomic mass is 9.98. The summed E-state index contributed by atoms with van der Waals surface area (Å²) in [6.45, 7) is 18.2. The van der Waals surface area contributed by atoms with Crippen LogP contribution >= 0.6 is 23.5 Å². The summed E-state index contributed by atoms with van der Waals surface area (Å²) in [6, 6.07) is 11.3. The Morgan fingerprint density at radius 2 is 1.68 bits per heavy atom. The molecule has 0 unspecified atom stereocenters. The predicted molar refractivity (Wildman–Crippen MR) is 188 cm³/mol. The van der Waals surface area contributed by atoms with Crippen LogP contribution in [0.25, 0.3) is 0 Å². The van der Waals surface area contributed by atoms with Crippen LogP contribution in [0.2, 0.25) is 18.1 Å². The van der Waals surface area contributed by atoms with Crippen LogP contribution in [-0.2, 0) is 30.0 Å². The smallest absolute Gasteiger partial charge is 0.192 e. The van der Waals surface area contributed by atoms with Crippen molar-refractivity contribution in [1.82, 2.24) is 0 Å². The third-order valence-electron chi connectivity index (χ3n) is 9.00. The minimum atomic E-state index is -1.81. The fraction of sp³-hybridized carbons (Fsp3) is 0.743. The van der Waals surface area contributed by atoms with Gasteiger partial charge < -0.3 is 23.4 Å². The molecule has 2 aliphatic rings. The third-order valence-corrected chi connectivity index (χ3v) is 17.1. The number of ketones is 1. The zero-order valence-electron chi connectivity index (χ0n) is 28.4. The van der Waals surface area contributed by atoms with Crippen molar-refractivity contribution < 1.29 is 28.2 Å². The number of benzene rings is 1. The monoisotopic (exact) mass is 666 g/mol. The molecule has 9 heteroatoms. The molecule has 6 nitrogen and oxygen atoms in total. The van der Waals surface area contributed by atoms with E-state index in [1.54, 1.807) is 7.11 Å². The molecule has 3 rings (SSSR count). The average molecular weight is 667 g/mol. The molecule has 0 aromatic heterocycles. The second-order valence-electron chi connectivity index (χ2n) is 12.9. The first kappa shape index (κ1) is 37.6. The van der Waals surface area contributed by atoms with E-state index in [0.29, 0.717) is 32.5 Å². The van der Waals surface area contributed by atoms with E-state index in [-0.39, 0.29) is 28.2 Å². The lowest BCUT2D eigenvalue weighted by molar-refractivity contribution is -0.305. The summed E-state index contributed by atoms with van der Waals surface area (Å²) in [5, 5.41) is 0. The van der Waals surface area contributed by atoms with Gasteiger partial charge in [0.05, 0.1) is 42.7 Å². The Morgan fingerprint density at radius 3 is 2.27 bits per heavy atom. The summed E-state index contributed by atoms with van der Waals surface area (Å²) in [6.07, 6.45) is 5.31. The molecule has 2 saturated heterocycles. The van der Waals surface area contributed by atoms with Gasteiger partial charge in [-0.05, 0) is 86.9 Å². The lowest BCUT2D eigenvalue weighted by Crippen LogP contribution is -2.47. The molecule has 250 valence electrons. The Kier molecular flexibility index (Phi) is 15.3. The number of hydrogen-bond acceptors (Lipinski definition) is 8. The Bertz CT molecular complexity index is 1010. The quantitative estimate of drug-likeness (QED) is 0.107. The van der Waals surface area contributed by atoms with Crippen LogP contribution in [-0.4, -0.2) is 67.5 Å². The van der Waals surface area contributed by atoms with Crippen molar-refractivity contribution in [3.8, 4) is 5.75 Å². The predicted octanol–water partition coefficient (Wildman–Crippen LogP) is 9.17. The highest BCUT2D eigenvalue weighted by Crippen LogP contribution is 2.50. The van der Waals surface area contributed by atoms with E-state index in [2.05, 4.69) is 34.3 Å². The van der Waals surface area contributed by atoms with Crippen LogP contribution in [0.4, 0.5) is 0 Å². The molecule has 44 heavy (non-hydrogen) atoms. The maximum absolute atomic E-state index is 13.8. The molecule has 0 aliphatic carbocycles. The van der Waals surface area contributed by atoms with E-state index in [9.17, 15) is 4.79 Å². The first-order valence-corrected chi connectivity index (χ1v) is 21.2. The van der Waals surface area contributed by atoms with Crippen molar-refractivity contribution in [2.24, 2.45) is 0 Å². The normalized spacial score (nSPS) is 22.3. The van der Waals surface area contributed by atoms with Gasteiger partial charge in [-0.15, -0.1) is 23.5 Å². The third kappa shape index (κ3) is 11.8. The zero-order valence-corrected chi connectivity index (χ0v) is 31.0. The van der Waals surface area contributed by atoms with Gasteiger partial charge in [0.2, 0.25) is 0 Å². The topological polar surface area (TPSA) is 63.2 Å². The van der Waals surface area contributed by atoms with Gasteiger partial charge in [-0.3, -0.25) is 4.79 Å². The summed E-state index contributed by atoms with van der Waals surface area (Å²) in [4.78, 5) is 13.8. The van der Waals surface area contributed by atoms with Crippen LogP contribution in [0.15, 0.2) is 36.4 Å². The zero-order chi connectivity index (χ0) is 32.2. The molecule has 2 aliphatic heterocycles. The summed E-state index contributed by atoms with van der Waals surface area (Å²) in [7, 11) is -0.145. The van der Waals surface area contributed by atoms with Crippen LogP contribution in [0.1, 0.15) is 92.1 Å². The number of rotatable bonds is 19. The minimum absolute atomic E-state index is 0.116. The molecule has 2 fully saturated rings. The molecule has 0 saturated carbocycles. The van der Waals surface area contributed by atoms with E-state index in [1.165, 1.54) is 12.0 Å². The van der Waals surface area contributed by atoms with E-state index in [4.69, 9.17) is 23.4 Å². The lowest BCUT2D eigenvalue weighted by Gasteiger charge is -2.42. The van der Waals surface area contributed by atoms with Crippen LogP contribution in [0.5, 0.6) is 5.75 Å². The van der Waals surface area contributed by atoms with Gasteiger partial charge in [-0.1, -0.05) is 52.0 Å². The van der Waals surface area contributed by atoms with E-state index < -0.39 is 14.1 Å². The van der Waals surface area contributed by atoms with Crippen molar-refractivity contribution in [2.45, 2.75) is 139 Å². The molecule has 1 aromatic rings. The van der Waals surface area contributed by atoms with Gasteiger partial charge >= 0.3 is 0 Å². The highest BCUT2D eigenvalue weighted by Gasteiger charge is 2.43. The number of hydrogen-bond donors (Lipinski definition) is 0. The maximum atomic E-state index is 13.8. The van der Waals surface area contributed by atoms with Gasteiger partial charge in [0.15, 0.2) is 14.1 Å². The first-order chi connectivity index (χ1) is 21.0. The highest BCUT2D eigenvalue weighted by molar-refractivity contribution is 8.18. The SMILES string of the molecule is C=C(CC)C[C@H](CC1(CC(=O)C[C@@H]2C[C@H](COCc3ccc(OC)cc3)OC(C)(C)O2)SCCCS1)O[Si](CC)(CC)CC. The molecule has 0 radical (unpaired) electrons. The highest BCUT2D eigenvalue weighted by atomic mass is 32.2. The molecule has 0 N–H and O–H groups in total. The van der Waals surface area contributed by atoms with Crippen LogP contribution in [0.3, 0.4) is 0 Å². The van der Waals surface area contributed by atoms with E-state index in [0.717, 1.165) is 60.2 Å². The molecule has 0 spiro atoms. The van der Waals surface area contributed by atoms with Gasteiger partial charge in [-0.2, -0.15) is 0 Å². The molecule has 1 aromatic carbocycles. The number of carbonyl (C=O) groups excluding carboxylic acids is 1. The number of methoxy groups -OCH3 is 1. The molecule has 0 amide bonds. The van der Waals surface area contributed by atoms with Gasteiger partial charge in [-0.25, -0.2) is 0 Å². The van der Waals surface area contributed by atoms with E-state index >= 15 is 0 Å². The van der Waals surface area contributed by atoms with Gasteiger partial charge in [0, 0.05) is 19.3 Å². The average Bonchev–Trinajstić information content (AvgIpc) is 2.99. The Morgan fingerprint density at radius 1 is 1.05 bits per heavy atom. The second-order valence-corrected chi connectivity index (χ2v) is 20.8. The number of ether oxygens (including phenoxy) is 4. The molecular formula is C35H58O6S2Si. The molecule has 0 bridgehead atoms. The Hall–Kier alpha value is -0.813. The number of carbonyl (C=O) groups is 1. The molecule has 3 atom stereocenters. The van der Waals surface area contributed by atoms with Crippen molar-refractivity contribution in [2.75, 3.05) is 25.2 Å². The largest absolute Gasteiger partial charge is 0.497 e. The van der Waals surface area contributed by atoms with Crippen LogP contribution < -0.4 is 4.74 Å². The summed E-state index contributed by atoms with van der Waals surface area (Å²) in [5.41, 5.74) is 2.32.